The summed E-state index contributed by atoms with van der Waals surface area (Å²) < 4.78 is 11.0. The number of carboxylic acids is 1. The van der Waals surface area contributed by atoms with E-state index < -0.39 is 5.97 Å². The number of carbonyl (C=O) groups is 1. The maximum absolute atomic E-state index is 11.1. The fourth-order valence-electron chi connectivity index (χ4n) is 2.88. The third-order valence-corrected chi connectivity index (χ3v) is 4.01. The molecule has 0 aliphatic carbocycles. The van der Waals surface area contributed by atoms with Gasteiger partial charge in [-0.2, -0.15) is 0 Å². The summed E-state index contributed by atoms with van der Waals surface area (Å²) in [6, 6.07) is 3.98. The maximum Gasteiger partial charge on any atom is 0.307 e. The van der Waals surface area contributed by atoms with Crippen LogP contribution in [0.25, 0.3) is 0 Å². The Morgan fingerprint density at radius 3 is 2.57 bits per heavy atom. The summed E-state index contributed by atoms with van der Waals surface area (Å²) >= 11 is 0. The van der Waals surface area contributed by atoms with Gasteiger partial charge in [-0.05, 0) is 30.5 Å². The monoisotopic (exact) mass is 293 g/mol. The van der Waals surface area contributed by atoms with Crippen molar-refractivity contribution >= 4 is 5.97 Å². The van der Waals surface area contributed by atoms with Crippen molar-refractivity contribution in [2.75, 3.05) is 20.8 Å². The van der Waals surface area contributed by atoms with E-state index in [-0.39, 0.29) is 12.0 Å². The maximum atomic E-state index is 11.1. The van der Waals surface area contributed by atoms with E-state index in [1.165, 1.54) is 0 Å². The molecule has 1 aromatic rings. The molecular weight excluding hydrogens is 270 g/mol. The molecule has 0 radical (unpaired) electrons. The largest absolute Gasteiger partial charge is 0.496 e. The standard InChI is InChI=1S/C16H23NO4/c1-4-5-10-7-15(21-3)12(8-14(10)20-2)13-6-11(9-17-13)16(18)19/h7-8,11,13,17H,4-6,9H2,1-3H3,(H,18,19). The summed E-state index contributed by atoms with van der Waals surface area (Å²) in [5, 5.41) is 12.4. The van der Waals surface area contributed by atoms with Crippen LogP contribution in [0.2, 0.25) is 0 Å². The molecular formula is C16H23NO4. The van der Waals surface area contributed by atoms with Crippen LogP contribution in [0.1, 0.15) is 36.9 Å². The third-order valence-electron chi connectivity index (χ3n) is 4.01. The van der Waals surface area contributed by atoms with Crippen LogP contribution in [0.3, 0.4) is 0 Å². The Bertz CT molecular complexity index is 515. The van der Waals surface area contributed by atoms with Crippen LogP contribution >= 0.6 is 0 Å². The lowest BCUT2D eigenvalue weighted by Crippen LogP contribution is -2.17. The van der Waals surface area contributed by atoms with Gasteiger partial charge in [-0.25, -0.2) is 0 Å². The van der Waals surface area contributed by atoms with Crippen molar-refractivity contribution in [3.05, 3.63) is 23.3 Å². The Kier molecular flexibility index (Phi) is 5.07. The Morgan fingerprint density at radius 2 is 2.05 bits per heavy atom. The van der Waals surface area contributed by atoms with E-state index in [4.69, 9.17) is 14.6 Å². The lowest BCUT2D eigenvalue weighted by atomic mass is 9.96. The molecule has 21 heavy (non-hydrogen) atoms. The van der Waals surface area contributed by atoms with Crippen LogP contribution in [-0.2, 0) is 11.2 Å². The van der Waals surface area contributed by atoms with Gasteiger partial charge < -0.3 is 19.9 Å². The Balaban J connectivity index is 2.32. The molecule has 116 valence electrons. The number of aryl methyl sites for hydroxylation is 1. The molecule has 0 amide bonds. The van der Waals surface area contributed by atoms with Gasteiger partial charge in [-0.1, -0.05) is 13.3 Å². The van der Waals surface area contributed by atoms with E-state index >= 15 is 0 Å². The van der Waals surface area contributed by atoms with Crippen LogP contribution in [0.5, 0.6) is 11.5 Å². The van der Waals surface area contributed by atoms with Crippen molar-refractivity contribution in [3.8, 4) is 11.5 Å². The van der Waals surface area contributed by atoms with Gasteiger partial charge in [0, 0.05) is 18.2 Å². The predicted molar refractivity (Wildman–Crippen MR) is 80.0 cm³/mol. The van der Waals surface area contributed by atoms with Crippen LogP contribution in [0, 0.1) is 5.92 Å². The number of benzene rings is 1. The first-order chi connectivity index (χ1) is 10.1. The Labute approximate surface area is 125 Å². The average Bonchev–Trinajstić information content (AvgIpc) is 2.97. The number of aliphatic carboxylic acids is 1. The van der Waals surface area contributed by atoms with Crippen LogP contribution < -0.4 is 14.8 Å². The summed E-state index contributed by atoms with van der Waals surface area (Å²) in [6.07, 6.45) is 2.53. The van der Waals surface area contributed by atoms with Crippen LogP contribution in [-0.4, -0.2) is 31.8 Å². The van der Waals surface area contributed by atoms with Crippen molar-refractivity contribution < 1.29 is 19.4 Å². The lowest BCUT2D eigenvalue weighted by molar-refractivity contribution is -0.141. The quantitative estimate of drug-likeness (QED) is 0.843. The molecule has 5 heteroatoms. The minimum absolute atomic E-state index is 0.00868. The zero-order valence-electron chi connectivity index (χ0n) is 12.8. The molecule has 2 N–H and O–H groups in total. The second-order valence-corrected chi connectivity index (χ2v) is 5.39. The molecule has 1 heterocycles. The SMILES string of the molecule is CCCc1cc(OC)c(C2CC(C(=O)O)CN2)cc1OC. The Morgan fingerprint density at radius 1 is 1.33 bits per heavy atom. The average molecular weight is 293 g/mol. The van der Waals surface area contributed by atoms with Crippen molar-refractivity contribution in [1.29, 1.82) is 0 Å². The number of hydrogen-bond acceptors (Lipinski definition) is 4. The molecule has 0 aromatic heterocycles. The molecule has 1 aliphatic heterocycles. The van der Waals surface area contributed by atoms with Gasteiger partial charge >= 0.3 is 5.97 Å². The summed E-state index contributed by atoms with van der Waals surface area (Å²) in [6.45, 7) is 2.61. The number of methoxy groups -OCH3 is 2. The van der Waals surface area contributed by atoms with Gasteiger partial charge in [-0.3, -0.25) is 4.79 Å². The summed E-state index contributed by atoms with van der Waals surface area (Å²) in [7, 11) is 3.30. The smallest absolute Gasteiger partial charge is 0.307 e. The van der Waals surface area contributed by atoms with Gasteiger partial charge in [0.25, 0.3) is 0 Å². The minimum Gasteiger partial charge on any atom is -0.496 e. The number of nitrogens with one attached hydrogen (secondary N) is 1. The van der Waals surface area contributed by atoms with Gasteiger partial charge in [-0.15, -0.1) is 0 Å². The van der Waals surface area contributed by atoms with Crippen molar-refractivity contribution in [2.24, 2.45) is 5.92 Å². The van der Waals surface area contributed by atoms with Crippen LogP contribution in [0.15, 0.2) is 12.1 Å². The molecule has 1 aliphatic rings. The van der Waals surface area contributed by atoms with Crippen LogP contribution in [0.4, 0.5) is 0 Å². The van der Waals surface area contributed by atoms with Crippen molar-refractivity contribution in [1.82, 2.24) is 5.32 Å². The highest BCUT2D eigenvalue weighted by Crippen LogP contribution is 2.37. The number of rotatable bonds is 6. The first-order valence-corrected chi connectivity index (χ1v) is 7.31. The van der Waals surface area contributed by atoms with E-state index in [0.717, 1.165) is 35.5 Å². The van der Waals surface area contributed by atoms with E-state index in [9.17, 15) is 4.79 Å². The van der Waals surface area contributed by atoms with E-state index in [1.807, 2.05) is 12.1 Å². The second-order valence-electron chi connectivity index (χ2n) is 5.39. The first kappa shape index (κ1) is 15.6. The van der Waals surface area contributed by atoms with Gasteiger partial charge in [0.15, 0.2) is 0 Å². The molecule has 1 fully saturated rings. The summed E-state index contributed by atoms with van der Waals surface area (Å²) in [5.74, 6) is 0.538. The highest BCUT2D eigenvalue weighted by atomic mass is 16.5. The fourth-order valence-corrected chi connectivity index (χ4v) is 2.88. The number of carboxylic acid groups (broad SMARTS) is 1. The molecule has 2 atom stereocenters. The van der Waals surface area contributed by atoms with E-state index in [1.54, 1.807) is 14.2 Å². The molecule has 0 bridgehead atoms. The highest BCUT2D eigenvalue weighted by Gasteiger charge is 2.32. The number of ether oxygens (including phenoxy) is 2. The van der Waals surface area contributed by atoms with E-state index in [2.05, 4.69) is 12.2 Å². The highest BCUT2D eigenvalue weighted by molar-refractivity contribution is 5.71. The molecule has 0 saturated carbocycles. The van der Waals surface area contributed by atoms with Gasteiger partial charge in [0.2, 0.25) is 0 Å². The zero-order chi connectivity index (χ0) is 15.4. The zero-order valence-corrected chi connectivity index (χ0v) is 12.8. The first-order valence-electron chi connectivity index (χ1n) is 7.31. The van der Waals surface area contributed by atoms with Crippen molar-refractivity contribution in [2.45, 2.75) is 32.2 Å². The third kappa shape index (κ3) is 3.29. The lowest BCUT2D eigenvalue weighted by Gasteiger charge is -2.19. The molecule has 5 nitrogen and oxygen atoms in total. The predicted octanol–water partition coefficient (Wildman–Crippen LogP) is 2.39. The number of hydrogen-bond donors (Lipinski definition) is 2. The van der Waals surface area contributed by atoms with Crippen molar-refractivity contribution in [3.63, 3.8) is 0 Å². The summed E-state index contributed by atoms with van der Waals surface area (Å²) in [5.41, 5.74) is 2.09. The van der Waals surface area contributed by atoms with Gasteiger partial charge in [0.05, 0.1) is 20.1 Å². The Hall–Kier alpha value is -1.75. The van der Waals surface area contributed by atoms with E-state index in [0.29, 0.717) is 13.0 Å². The summed E-state index contributed by atoms with van der Waals surface area (Å²) in [4.78, 5) is 11.1. The molecule has 2 unspecified atom stereocenters. The molecule has 2 rings (SSSR count). The molecule has 0 spiro atoms. The second kappa shape index (κ2) is 6.80. The van der Waals surface area contributed by atoms with Gasteiger partial charge in [0.1, 0.15) is 11.5 Å². The molecule has 1 saturated heterocycles. The minimum atomic E-state index is -0.751. The topological polar surface area (TPSA) is 67.8 Å². The normalized spacial score (nSPS) is 21.3. The molecule has 1 aromatic carbocycles. The fraction of sp³-hybridized carbons (Fsp3) is 0.562.